The highest BCUT2D eigenvalue weighted by atomic mass is 32.2. The molecule has 0 bridgehead atoms. The topological polar surface area (TPSA) is 59.9 Å². The second-order valence-electron chi connectivity index (χ2n) is 3.35. The first-order chi connectivity index (χ1) is 6.46. The van der Waals surface area contributed by atoms with Crippen LogP contribution in [0.25, 0.3) is 0 Å². The maximum atomic E-state index is 11.4. The van der Waals surface area contributed by atoms with Gasteiger partial charge in [-0.2, -0.15) is 0 Å². The van der Waals surface area contributed by atoms with Crippen LogP contribution in [0.4, 0.5) is 0 Å². The molecule has 14 heavy (non-hydrogen) atoms. The highest BCUT2D eigenvalue weighted by molar-refractivity contribution is 7.90. The Balaban J connectivity index is 3.30. The molecule has 5 heteroatoms. The van der Waals surface area contributed by atoms with Gasteiger partial charge in [-0.3, -0.25) is 0 Å². The number of hydrogen-bond donors (Lipinski definition) is 0. The number of aromatic nitrogens is 2. The monoisotopic (exact) mass is 214 g/mol. The molecule has 1 heterocycles. The molecule has 1 unspecified atom stereocenters. The van der Waals surface area contributed by atoms with E-state index in [1.54, 1.807) is 0 Å². The van der Waals surface area contributed by atoms with Crippen molar-refractivity contribution in [3.05, 3.63) is 18.2 Å². The summed E-state index contributed by atoms with van der Waals surface area (Å²) in [4.78, 5) is 8.01. The van der Waals surface area contributed by atoms with E-state index in [0.717, 1.165) is 6.42 Å². The van der Waals surface area contributed by atoms with Crippen molar-refractivity contribution in [2.75, 3.05) is 6.26 Å². The summed E-state index contributed by atoms with van der Waals surface area (Å²) >= 11 is 0. The molecule has 4 nitrogen and oxygen atoms in total. The molecule has 0 saturated heterocycles. The summed E-state index contributed by atoms with van der Waals surface area (Å²) in [6.45, 7) is 3.95. The number of rotatable bonds is 3. The summed E-state index contributed by atoms with van der Waals surface area (Å²) in [6, 6.07) is 0. The largest absolute Gasteiger partial charge is 0.243 e. The van der Waals surface area contributed by atoms with Crippen LogP contribution in [-0.4, -0.2) is 24.6 Å². The SMILES string of the molecule is CCC(C)c1ncncc1S(C)(=O)=O. The van der Waals surface area contributed by atoms with Crippen molar-refractivity contribution in [2.45, 2.75) is 31.1 Å². The van der Waals surface area contributed by atoms with E-state index in [0.29, 0.717) is 5.69 Å². The predicted octanol–water partition coefficient (Wildman–Crippen LogP) is 1.39. The minimum Gasteiger partial charge on any atom is -0.243 e. The molecule has 0 aliphatic carbocycles. The minimum atomic E-state index is -3.21. The molecule has 1 atom stereocenters. The van der Waals surface area contributed by atoms with Crippen LogP contribution in [0.3, 0.4) is 0 Å². The van der Waals surface area contributed by atoms with Crippen molar-refractivity contribution in [3.8, 4) is 0 Å². The standard InChI is InChI=1S/C9H14N2O2S/c1-4-7(2)9-8(14(3,12)13)5-10-6-11-9/h5-7H,4H2,1-3H3. The van der Waals surface area contributed by atoms with Crippen molar-refractivity contribution < 1.29 is 8.42 Å². The number of sulfone groups is 1. The minimum absolute atomic E-state index is 0.141. The molecular formula is C9H14N2O2S. The normalized spacial score (nSPS) is 13.9. The molecule has 0 aliphatic rings. The van der Waals surface area contributed by atoms with E-state index in [2.05, 4.69) is 9.97 Å². The average Bonchev–Trinajstić information content (AvgIpc) is 2.15. The van der Waals surface area contributed by atoms with Crippen LogP contribution >= 0.6 is 0 Å². The Morgan fingerprint density at radius 1 is 1.50 bits per heavy atom. The molecule has 1 rings (SSSR count). The molecular weight excluding hydrogens is 200 g/mol. The van der Waals surface area contributed by atoms with Gasteiger partial charge in [0.15, 0.2) is 9.84 Å². The van der Waals surface area contributed by atoms with Gasteiger partial charge in [0.05, 0.1) is 5.69 Å². The lowest BCUT2D eigenvalue weighted by molar-refractivity contribution is 0.594. The first kappa shape index (κ1) is 11.1. The van der Waals surface area contributed by atoms with Crippen molar-refractivity contribution in [1.82, 2.24) is 9.97 Å². The van der Waals surface area contributed by atoms with Gasteiger partial charge in [-0.1, -0.05) is 13.8 Å². The summed E-state index contributed by atoms with van der Waals surface area (Å²) < 4.78 is 22.8. The molecule has 1 aromatic rings. The lowest BCUT2D eigenvalue weighted by atomic mass is 10.1. The Labute approximate surface area is 84.3 Å². The lowest BCUT2D eigenvalue weighted by Crippen LogP contribution is -2.07. The average molecular weight is 214 g/mol. The zero-order chi connectivity index (χ0) is 10.8. The molecule has 1 aromatic heterocycles. The third kappa shape index (κ3) is 2.29. The summed E-state index contributed by atoms with van der Waals surface area (Å²) in [7, 11) is -3.21. The fourth-order valence-electron chi connectivity index (χ4n) is 1.18. The van der Waals surface area contributed by atoms with E-state index in [9.17, 15) is 8.42 Å². The lowest BCUT2D eigenvalue weighted by Gasteiger charge is -2.10. The first-order valence-electron chi connectivity index (χ1n) is 4.46. The van der Waals surface area contributed by atoms with E-state index in [1.807, 2.05) is 13.8 Å². The second-order valence-corrected chi connectivity index (χ2v) is 5.34. The van der Waals surface area contributed by atoms with Gasteiger partial charge >= 0.3 is 0 Å². The highest BCUT2D eigenvalue weighted by Crippen LogP contribution is 2.22. The third-order valence-corrected chi connectivity index (χ3v) is 3.30. The highest BCUT2D eigenvalue weighted by Gasteiger charge is 2.17. The maximum absolute atomic E-state index is 11.4. The fraction of sp³-hybridized carbons (Fsp3) is 0.556. The Morgan fingerprint density at radius 3 is 2.64 bits per heavy atom. The van der Waals surface area contributed by atoms with Crippen LogP contribution in [0.5, 0.6) is 0 Å². The van der Waals surface area contributed by atoms with Gasteiger partial charge in [-0.15, -0.1) is 0 Å². The summed E-state index contributed by atoms with van der Waals surface area (Å²) in [5, 5.41) is 0. The smallest absolute Gasteiger partial charge is 0.178 e. The van der Waals surface area contributed by atoms with Crippen LogP contribution < -0.4 is 0 Å². The second kappa shape index (κ2) is 4.04. The van der Waals surface area contributed by atoms with Gasteiger partial charge in [0.1, 0.15) is 11.2 Å². The Kier molecular flexibility index (Phi) is 3.21. The fourth-order valence-corrected chi connectivity index (χ4v) is 2.06. The van der Waals surface area contributed by atoms with E-state index < -0.39 is 9.84 Å². The summed E-state index contributed by atoms with van der Waals surface area (Å²) in [6.07, 6.45) is 4.79. The molecule has 0 radical (unpaired) electrons. The molecule has 0 aromatic carbocycles. The van der Waals surface area contributed by atoms with E-state index >= 15 is 0 Å². The van der Waals surface area contributed by atoms with Crippen molar-refractivity contribution in [2.24, 2.45) is 0 Å². The van der Waals surface area contributed by atoms with Crippen LogP contribution in [0.1, 0.15) is 31.9 Å². The Hall–Kier alpha value is -0.970. The van der Waals surface area contributed by atoms with Gasteiger partial charge in [-0.05, 0) is 12.3 Å². The zero-order valence-corrected chi connectivity index (χ0v) is 9.37. The molecule has 0 amide bonds. The van der Waals surface area contributed by atoms with Crippen molar-refractivity contribution in [1.29, 1.82) is 0 Å². The maximum Gasteiger partial charge on any atom is 0.178 e. The predicted molar refractivity (Wildman–Crippen MR) is 53.8 cm³/mol. The van der Waals surface area contributed by atoms with Crippen molar-refractivity contribution in [3.63, 3.8) is 0 Å². The number of hydrogen-bond acceptors (Lipinski definition) is 4. The van der Waals surface area contributed by atoms with Crippen LogP contribution in [0, 0.1) is 0 Å². The first-order valence-corrected chi connectivity index (χ1v) is 6.36. The molecule has 0 N–H and O–H groups in total. The van der Waals surface area contributed by atoms with Gasteiger partial charge in [0.25, 0.3) is 0 Å². The summed E-state index contributed by atoms with van der Waals surface area (Å²) in [5.74, 6) is 0.141. The molecule has 0 fully saturated rings. The molecule has 78 valence electrons. The van der Waals surface area contributed by atoms with Crippen LogP contribution in [0.15, 0.2) is 17.4 Å². The van der Waals surface area contributed by atoms with E-state index in [4.69, 9.17) is 0 Å². The van der Waals surface area contributed by atoms with Crippen molar-refractivity contribution >= 4 is 9.84 Å². The molecule has 0 saturated carbocycles. The Morgan fingerprint density at radius 2 is 2.14 bits per heavy atom. The molecule has 0 aliphatic heterocycles. The Bertz CT molecular complexity index is 415. The van der Waals surface area contributed by atoms with Gasteiger partial charge in [-0.25, -0.2) is 18.4 Å². The number of nitrogens with zero attached hydrogens (tertiary/aromatic N) is 2. The van der Waals surface area contributed by atoms with Gasteiger partial charge in [0, 0.05) is 12.5 Å². The zero-order valence-electron chi connectivity index (χ0n) is 8.56. The van der Waals surface area contributed by atoms with Gasteiger partial charge < -0.3 is 0 Å². The third-order valence-electron chi connectivity index (χ3n) is 2.19. The quantitative estimate of drug-likeness (QED) is 0.763. The van der Waals surface area contributed by atoms with E-state index in [1.165, 1.54) is 18.8 Å². The van der Waals surface area contributed by atoms with Crippen LogP contribution in [-0.2, 0) is 9.84 Å². The summed E-state index contributed by atoms with van der Waals surface area (Å²) in [5.41, 5.74) is 0.616. The van der Waals surface area contributed by atoms with E-state index in [-0.39, 0.29) is 10.8 Å². The molecule has 0 spiro atoms. The van der Waals surface area contributed by atoms with Gasteiger partial charge in [0.2, 0.25) is 0 Å². The van der Waals surface area contributed by atoms with Crippen LogP contribution in [0.2, 0.25) is 0 Å².